The van der Waals surface area contributed by atoms with Gasteiger partial charge < -0.3 is 14.8 Å². The van der Waals surface area contributed by atoms with E-state index in [0.717, 1.165) is 17.7 Å². The molecule has 0 spiro atoms. The van der Waals surface area contributed by atoms with E-state index in [2.05, 4.69) is 5.32 Å². The van der Waals surface area contributed by atoms with Crippen LogP contribution in [0.1, 0.15) is 25.8 Å². The summed E-state index contributed by atoms with van der Waals surface area (Å²) in [6, 6.07) is 7.51. The lowest BCUT2D eigenvalue weighted by molar-refractivity contribution is -0.145. The van der Waals surface area contributed by atoms with Crippen LogP contribution in [0.2, 0.25) is 0 Å². The summed E-state index contributed by atoms with van der Waals surface area (Å²) in [5.41, 5.74) is 1.24. The average molecular weight is 289 g/mol. The molecular formula is C16H19NO4. The summed E-state index contributed by atoms with van der Waals surface area (Å²) in [5, 5.41) is 2.74. The molecule has 0 fully saturated rings. The summed E-state index contributed by atoms with van der Waals surface area (Å²) in [4.78, 5) is 23.5. The molecule has 0 aromatic heterocycles. The van der Waals surface area contributed by atoms with Crippen LogP contribution in [-0.2, 0) is 14.3 Å². The number of carbonyl (C=O) groups is 2. The Labute approximate surface area is 123 Å². The number of nitrogens with one attached hydrogen (secondary N) is 1. The van der Waals surface area contributed by atoms with Crippen LogP contribution in [0.3, 0.4) is 0 Å². The topological polar surface area (TPSA) is 64.6 Å². The fourth-order valence-corrected chi connectivity index (χ4v) is 1.88. The number of hydrogen-bond acceptors (Lipinski definition) is 4. The van der Waals surface area contributed by atoms with Crippen molar-refractivity contribution in [3.8, 4) is 5.75 Å². The molecule has 2 rings (SSSR count). The summed E-state index contributed by atoms with van der Waals surface area (Å²) in [7, 11) is 0. The second-order valence-corrected chi connectivity index (χ2v) is 4.95. The number of rotatable bonds is 5. The Hall–Kier alpha value is -2.30. The summed E-state index contributed by atoms with van der Waals surface area (Å²) in [6.07, 6.45) is 2.56. The number of fused-ring (bicyclic) bond motifs is 1. The molecule has 1 heterocycles. The van der Waals surface area contributed by atoms with Crippen molar-refractivity contribution in [2.75, 3.05) is 13.2 Å². The van der Waals surface area contributed by atoms with E-state index in [4.69, 9.17) is 9.47 Å². The minimum Gasteiger partial charge on any atom is -0.488 e. The van der Waals surface area contributed by atoms with Crippen molar-refractivity contribution in [1.82, 2.24) is 5.32 Å². The van der Waals surface area contributed by atoms with Gasteiger partial charge in [-0.2, -0.15) is 0 Å². The molecular weight excluding hydrogens is 270 g/mol. The van der Waals surface area contributed by atoms with Gasteiger partial charge in [0.05, 0.1) is 5.57 Å². The zero-order valence-corrected chi connectivity index (χ0v) is 12.2. The van der Waals surface area contributed by atoms with Crippen LogP contribution in [0.4, 0.5) is 0 Å². The fourth-order valence-electron chi connectivity index (χ4n) is 1.88. The summed E-state index contributed by atoms with van der Waals surface area (Å²) in [6.45, 7) is 3.75. The molecule has 1 unspecified atom stereocenters. The van der Waals surface area contributed by atoms with Gasteiger partial charge in [-0.1, -0.05) is 25.1 Å². The molecule has 1 N–H and O–H groups in total. The number of hydrogen-bond donors (Lipinski definition) is 1. The monoisotopic (exact) mass is 289 g/mol. The number of benzene rings is 1. The lowest BCUT2D eigenvalue weighted by Gasteiger charge is -2.17. The van der Waals surface area contributed by atoms with Gasteiger partial charge >= 0.3 is 5.97 Å². The van der Waals surface area contributed by atoms with Gasteiger partial charge in [-0.15, -0.1) is 0 Å². The van der Waals surface area contributed by atoms with Crippen LogP contribution in [0, 0.1) is 0 Å². The molecule has 0 saturated heterocycles. The molecule has 5 heteroatoms. The second-order valence-electron chi connectivity index (χ2n) is 4.95. The highest BCUT2D eigenvalue weighted by Gasteiger charge is 2.19. The molecule has 21 heavy (non-hydrogen) atoms. The van der Waals surface area contributed by atoms with Crippen LogP contribution in [0.25, 0.3) is 6.08 Å². The summed E-state index contributed by atoms with van der Waals surface area (Å²) in [5.74, 6) is -0.0807. The highest BCUT2D eigenvalue weighted by molar-refractivity contribution is 5.96. The van der Waals surface area contributed by atoms with Crippen molar-refractivity contribution in [3.63, 3.8) is 0 Å². The molecule has 1 aliphatic heterocycles. The smallest absolute Gasteiger partial charge is 0.338 e. The minimum absolute atomic E-state index is 0.0697. The normalized spacial score (nSPS) is 14.3. The lowest BCUT2D eigenvalue weighted by atomic mass is 10.1. The molecule has 5 nitrogen and oxygen atoms in total. The Morgan fingerprint density at radius 1 is 1.38 bits per heavy atom. The van der Waals surface area contributed by atoms with Crippen molar-refractivity contribution in [2.24, 2.45) is 0 Å². The Morgan fingerprint density at radius 3 is 2.90 bits per heavy atom. The van der Waals surface area contributed by atoms with Gasteiger partial charge in [-0.25, -0.2) is 4.79 Å². The molecule has 0 saturated carbocycles. The molecule has 1 aromatic rings. The number of amides is 1. The van der Waals surface area contributed by atoms with Gasteiger partial charge in [0.25, 0.3) is 5.91 Å². The van der Waals surface area contributed by atoms with E-state index in [9.17, 15) is 9.59 Å². The molecule has 0 bridgehead atoms. The van der Waals surface area contributed by atoms with Gasteiger partial charge in [0, 0.05) is 11.6 Å². The Balaban J connectivity index is 1.90. The zero-order valence-electron chi connectivity index (χ0n) is 12.2. The predicted octanol–water partition coefficient (Wildman–Crippen LogP) is 1.92. The largest absolute Gasteiger partial charge is 0.488 e. The zero-order chi connectivity index (χ0) is 15.2. The van der Waals surface area contributed by atoms with Gasteiger partial charge in [-0.3, -0.25) is 4.79 Å². The van der Waals surface area contributed by atoms with E-state index in [1.54, 1.807) is 6.08 Å². The van der Waals surface area contributed by atoms with E-state index in [1.807, 2.05) is 38.1 Å². The first-order valence-electron chi connectivity index (χ1n) is 6.99. The van der Waals surface area contributed by atoms with Gasteiger partial charge in [0.1, 0.15) is 12.4 Å². The van der Waals surface area contributed by atoms with Gasteiger partial charge in [0.15, 0.2) is 6.61 Å². The number of esters is 1. The third-order valence-corrected chi connectivity index (χ3v) is 3.25. The minimum atomic E-state index is -0.524. The summed E-state index contributed by atoms with van der Waals surface area (Å²) < 4.78 is 10.5. The average Bonchev–Trinajstić information content (AvgIpc) is 2.51. The van der Waals surface area contributed by atoms with Crippen molar-refractivity contribution < 1.29 is 19.1 Å². The first-order chi connectivity index (χ1) is 10.1. The molecule has 112 valence electrons. The highest BCUT2D eigenvalue weighted by Crippen LogP contribution is 2.25. The van der Waals surface area contributed by atoms with E-state index in [-0.39, 0.29) is 25.2 Å². The van der Waals surface area contributed by atoms with E-state index in [0.29, 0.717) is 5.57 Å². The molecule has 0 aliphatic carbocycles. The number of para-hydroxylation sites is 1. The Morgan fingerprint density at radius 2 is 2.14 bits per heavy atom. The van der Waals surface area contributed by atoms with Crippen LogP contribution < -0.4 is 10.1 Å². The maximum atomic E-state index is 11.9. The third kappa shape index (κ3) is 4.08. The SMILES string of the molecule is CCC(C)NC(=O)COC(=O)C1=Cc2ccccc2OC1. The maximum absolute atomic E-state index is 11.9. The molecule has 1 atom stereocenters. The standard InChI is InChI=1S/C16H19NO4/c1-3-11(2)17-15(18)10-21-16(19)13-8-12-6-4-5-7-14(12)20-9-13/h4-8,11H,3,9-10H2,1-2H3,(H,17,18). The molecule has 1 aromatic carbocycles. The molecule has 0 radical (unpaired) electrons. The second kappa shape index (κ2) is 6.92. The third-order valence-electron chi connectivity index (χ3n) is 3.25. The van der Waals surface area contributed by atoms with E-state index < -0.39 is 5.97 Å². The van der Waals surface area contributed by atoms with Crippen molar-refractivity contribution in [1.29, 1.82) is 0 Å². The Kier molecular flexibility index (Phi) is 4.98. The lowest BCUT2D eigenvalue weighted by Crippen LogP contribution is -2.35. The fraction of sp³-hybridized carbons (Fsp3) is 0.375. The highest BCUT2D eigenvalue weighted by atomic mass is 16.5. The van der Waals surface area contributed by atoms with E-state index >= 15 is 0 Å². The van der Waals surface area contributed by atoms with Crippen LogP contribution in [-0.4, -0.2) is 31.1 Å². The first-order valence-corrected chi connectivity index (χ1v) is 6.99. The Bertz CT molecular complexity index is 565. The summed E-state index contributed by atoms with van der Waals surface area (Å²) >= 11 is 0. The first kappa shape index (κ1) is 15.1. The molecule has 1 amide bonds. The van der Waals surface area contributed by atoms with Crippen molar-refractivity contribution >= 4 is 18.0 Å². The predicted molar refractivity (Wildman–Crippen MR) is 78.8 cm³/mol. The van der Waals surface area contributed by atoms with Gasteiger partial charge in [0.2, 0.25) is 0 Å². The van der Waals surface area contributed by atoms with Crippen LogP contribution >= 0.6 is 0 Å². The van der Waals surface area contributed by atoms with Crippen LogP contribution in [0.5, 0.6) is 5.75 Å². The van der Waals surface area contributed by atoms with E-state index in [1.165, 1.54) is 0 Å². The maximum Gasteiger partial charge on any atom is 0.338 e. The molecule has 1 aliphatic rings. The number of carbonyl (C=O) groups excluding carboxylic acids is 2. The van der Waals surface area contributed by atoms with Gasteiger partial charge in [-0.05, 0) is 25.5 Å². The van der Waals surface area contributed by atoms with Crippen molar-refractivity contribution in [3.05, 3.63) is 35.4 Å². The quantitative estimate of drug-likeness (QED) is 0.841. The van der Waals surface area contributed by atoms with Crippen LogP contribution in [0.15, 0.2) is 29.8 Å². The van der Waals surface area contributed by atoms with Crippen molar-refractivity contribution in [2.45, 2.75) is 26.3 Å². The number of ether oxygens (including phenoxy) is 2.